The fourth-order valence-electron chi connectivity index (χ4n) is 3.00. The predicted octanol–water partition coefficient (Wildman–Crippen LogP) is 2.05. The third-order valence-corrected chi connectivity index (χ3v) is 4.41. The molecule has 2 N–H and O–H groups in total. The first-order valence-electron chi connectivity index (χ1n) is 8.22. The van der Waals surface area contributed by atoms with Crippen LogP contribution in [0.2, 0.25) is 0 Å². The van der Waals surface area contributed by atoms with E-state index in [1.54, 1.807) is 0 Å². The Morgan fingerprint density at radius 3 is 2.48 bits per heavy atom. The van der Waals surface area contributed by atoms with Crippen molar-refractivity contribution in [1.29, 1.82) is 0 Å². The number of carbonyl (C=O) groups is 2. The van der Waals surface area contributed by atoms with Crippen molar-refractivity contribution in [2.75, 3.05) is 6.54 Å². The smallest absolute Gasteiger partial charge is 0.326 e. The summed E-state index contributed by atoms with van der Waals surface area (Å²) in [4.78, 5) is 25.8. The van der Waals surface area contributed by atoms with E-state index in [-0.39, 0.29) is 17.9 Å². The minimum Gasteiger partial charge on any atom is -0.480 e. The summed E-state index contributed by atoms with van der Waals surface area (Å²) in [6.07, 6.45) is 1.36. The Bertz CT molecular complexity index is 571. The second-order valence-electron chi connectivity index (χ2n) is 6.69. The molecular weight excluding hydrogens is 292 g/mol. The van der Waals surface area contributed by atoms with E-state index >= 15 is 0 Å². The lowest BCUT2D eigenvalue weighted by Crippen LogP contribution is -2.51. The Labute approximate surface area is 137 Å². The van der Waals surface area contributed by atoms with Gasteiger partial charge in [-0.3, -0.25) is 9.69 Å². The van der Waals surface area contributed by atoms with Crippen LogP contribution in [0, 0.1) is 5.92 Å². The summed E-state index contributed by atoms with van der Waals surface area (Å²) in [6, 6.07) is 7.11. The van der Waals surface area contributed by atoms with Crippen LogP contribution in [0.5, 0.6) is 0 Å². The van der Waals surface area contributed by atoms with E-state index in [9.17, 15) is 14.7 Å². The minimum atomic E-state index is -0.969. The van der Waals surface area contributed by atoms with E-state index in [2.05, 4.69) is 22.3 Å². The van der Waals surface area contributed by atoms with Crippen molar-refractivity contribution in [3.8, 4) is 0 Å². The van der Waals surface area contributed by atoms with Gasteiger partial charge in [-0.15, -0.1) is 0 Å². The van der Waals surface area contributed by atoms with E-state index in [0.29, 0.717) is 6.42 Å². The number of carboxylic acids is 1. The highest BCUT2D eigenvalue weighted by molar-refractivity contribution is 5.86. The van der Waals surface area contributed by atoms with E-state index in [0.717, 1.165) is 19.5 Å². The van der Waals surface area contributed by atoms with Gasteiger partial charge in [0.1, 0.15) is 6.04 Å². The zero-order valence-electron chi connectivity index (χ0n) is 14.1. The highest BCUT2D eigenvalue weighted by atomic mass is 16.4. The van der Waals surface area contributed by atoms with Gasteiger partial charge in [-0.1, -0.05) is 38.1 Å². The summed E-state index contributed by atoms with van der Waals surface area (Å²) in [7, 11) is 0. The van der Waals surface area contributed by atoms with E-state index in [1.807, 2.05) is 32.9 Å². The van der Waals surface area contributed by atoms with Gasteiger partial charge < -0.3 is 10.4 Å². The van der Waals surface area contributed by atoms with Gasteiger partial charge in [0.2, 0.25) is 5.91 Å². The van der Waals surface area contributed by atoms with Crippen molar-refractivity contribution in [2.24, 2.45) is 5.92 Å². The Morgan fingerprint density at radius 2 is 1.87 bits per heavy atom. The lowest BCUT2D eigenvalue weighted by molar-refractivity contribution is -0.143. The predicted molar refractivity (Wildman–Crippen MR) is 89.0 cm³/mol. The molecule has 2 rings (SSSR count). The molecule has 1 heterocycles. The van der Waals surface area contributed by atoms with Crippen molar-refractivity contribution in [2.45, 2.75) is 52.2 Å². The summed E-state index contributed by atoms with van der Waals surface area (Å²) in [5.41, 5.74) is 2.58. The van der Waals surface area contributed by atoms with Crippen LogP contribution in [0.4, 0.5) is 0 Å². The number of amides is 1. The minimum absolute atomic E-state index is 0.211. The summed E-state index contributed by atoms with van der Waals surface area (Å²) >= 11 is 0. The lowest BCUT2D eigenvalue weighted by atomic mass is 9.98. The lowest BCUT2D eigenvalue weighted by Gasteiger charge is -2.33. The van der Waals surface area contributed by atoms with Crippen molar-refractivity contribution in [3.05, 3.63) is 35.4 Å². The maximum Gasteiger partial charge on any atom is 0.326 e. The second-order valence-corrected chi connectivity index (χ2v) is 6.69. The molecule has 5 heteroatoms. The standard InChI is InChI=1S/C18H26N2O3/c1-12(2)10-16(18(22)23)19-17(21)13(3)20-9-8-14-6-4-5-7-15(14)11-20/h4-7,12-13,16H,8-11H2,1-3H3,(H,19,21)(H,22,23). The molecule has 1 aromatic carbocycles. The van der Waals surface area contributed by atoms with Crippen LogP contribution >= 0.6 is 0 Å². The Balaban J connectivity index is 1.98. The Hall–Kier alpha value is -1.88. The topological polar surface area (TPSA) is 69.6 Å². The number of hydrogen-bond donors (Lipinski definition) is 2. The van der Waals surface area contributed by atoms with Crippen molar-refractivity contribution in [3.63, 3.8) is 0 Å². The SMILES string of the molecule is CC(C)CC(NC(=O)C(C)N1CCc2ccccc2C1)C(=O)O. The fourth-order valence-corrected chi connectivity index (χ4v) is 3.00. The molecule has 0 spiro atoms. The molecule has 0 saturated carbocycles. The first-order chi connectivity index (χ1) is 10.9. The number of benzene rings is 1. The van der Waals surface area contributed by atoms with Crippen LogP contribution < -0.4 is 5.32 Å². The Kier molecular flexibility index (Phi) is 5.77. The van der Waals surface area contributed by atoms with Gasteiger partial charge in [0.25, 0.3) is 0 Å². The fraction of sp³-hybridized carbons (Fsp3) is 0.556. The van der Waals surface area contributed by atoms with Gasteiger partial charge in [0.15, 0.2) is 0 Å². The molecule has 23 heavy (non-hydrogen) atoms. The average molecular weight is 318 g/mol. The molecule has 5 nitrogen and oxygen atoms in total. The van der Waals surface area contributed by atoms with Gasteiger partial charge in [-0.25, -0.2) is 4.79 Å². The number of aliphatic carboxylic acids is 1. The van der Waals surface area contributed by atoms with Crippen LogP contribution in [0.1, 0.15) is 38.3 Å². The average Bonchev–Trinajstić information content (AvgIpc) is 2.52. The van der Waals surface area contributed by atoms with Crippen LogP contribution in [0.25, 0.3) is 0 Å². The maximum atomic E-state index is 12.4. The molecule has 0 saturated heterocycles. The van der Waals surface area contributed by atoms with E-state index in [1.165, 1.54) is 11.1 Å². The van der Waals surface area contributed by atoms with Crippen molar-refractivity contribution in [1.82, 2.24) is 10.2 Å². The molecule has 0 radical (unpaired) electrons. The number of nitrogens with zero attached hydrogens (tertiary/aromatic N) is 1. The highest BCUT2D eigenvalue weighted by Crippen LogP contribution is 2.20. The normalized spacial score (nSPS) is 17.4. The number of nitrogens with one attached hydrogen (secondary N) is 1. The molecule has 0 bridgehead atoms. The molecule has 1 amide bonds. The van der Waals surface area contributed by atoms with Crippen LogP contribution in [-0.4, -0.2) is 40.5 Å². The first-order valence-corrected chi connectivity index (χ1v) is 8.22. The maximum absolute atomic E-state index is 12.4. The zero-order valence-corrected chi connectivity index (χ0v) is 14.1. The van der Waals surface area contributed by atoms with Gasteiger partial charge >= 0.3 is 5.97 Å². The molecule has 0 fully saturated rings. The van der Waals surface area contributed by atoms with Gasteiger partial charge in [-0.2, -0.15) is 0 Å². The third kappa shape index (κ3) is 4.55. The number of fused-ring (bicyclic) bond motifs is 1. The van der Waals surface area contributed by atoms with Gasteiger partial charge in [0.05, 0.1) is 6.04 Å². The molecule has 2 atom stereocenters. The summed E-state index contributed by atoms with van der Waals surface area (Å²) in [5.74, 6) is -0.964. The first kappa shape index (κ1) is 17.5. The molecular formula is C18H26N2O3. The molecule has 1 aliphatic rings. The summed E-state index contributed by atoms with van der Waals surface area (Å²) in [5, 5.41) is 12.0. The molecule has 126 valence electrons. The molecule has 0 aromatic heterocycles. The van der Waals surface area contributed by atoms with Crippen LogP contribution in [0.3, 0.4) is 0 Å². The number of rotatable bonds is 6. The Morgan fingerprint density at radius 1 is 1.22 bits per heavy atom. The molecule has 0 aliphatic carbocycles. The third-order valence-electron chi connectivity index (χ3n) is 4.41. The molecule has 2 unspecified atom stereocenters. The largest absolute Gasteiger partial charge is 0.480 e. The van der Waals surface area contributed by atoms with Gasteiger partial charge in [-0.05, 0) is 36.8 Å². The van der Waals surface area contributed by atoms with Gasteiger partial charge in [0, 0.05) is 13.1 Å². The number of carbonyl (C=O) groups excluding carboxylic acids is 1. The second kappa shape index (κ2) is 7.59. The monoisotopic (exact) mass is 318 g/mol. The molecule has 1 aliphatic heterocycles. The van der Waals surface area contributed by atoms with E-state index < -0.39 is 12.0 Å². The highest BCUT2D eigenvalue weighted by Gasteiger charge is 2.28. The molecule has 1 aromatic rings. The van der Waals surface area contributed by atoms with Crippen LogP contribution in [0.15, 0.2) is 24.3 Å². The summed E-state index contributed by atoms with van der Waals surface area (Å²) in [6.45, 7) is 7.29. The van der Waals surface area contributed by atoms with Crippen molar-refractivity contribution < 1.29 is 14.7 Å². The quantitative estimate of drug-likeness (QED) is 0.842. The summed E-state index contributed by atoms with van der Waals surface area (Å²) < 4.78 is 0. The van der Waals surface area contributed by atoms with E-state index in [4.69, 9.17) is 0 Å². The number of carboxylic acid groups (broad SMARTS) is 1. The number of hydrogen-bond acceptors (Lipinski definition) is 3. The van der Waals surface area contributed by atoms with Crippen molar-refractivity contribution >= 4 is 11.9 Å². The zero-order chi connectivity index (χ0) is 17.0. The van der Waals surface area contributed by atoms with Crippen LogP contribution in [-0.2, 0) is 22.6 Å².